The van der Waals surface area contributed by atoms with Crippen molar-refractivity contribution in [3.8, 4) is 67.6 Å². The van der Waals surface area contributed by atoms with Crippen molar-refractivity contribution in [1.82, 2.24) is 15.0 Å². The molecule has 52 heavy (non-hydrogen) atoms. The monoisotopic (exact) mass is 667 g/mol. The molecule has 3 aromatic heterocycles. The maximum Gasteiger partial charge on any atom is 0.227 e. The summed E-state index contributed by atoms with van der Waals surface area (Å²) in [6.45, 7) is 0. The molecule has 0 fully saturated rings. The number of hydrogen-bond donors (Lipinski definition) is 0. The Morgan fingerprint density at radius 3 is 1.77 bits per heavy atom. The summed E-state index contributed by atoms with van der Waals surface area (Å²) in [7, 11) is 0. The van der Waals surface area contributed by atoms with Gasteiger partial charge in [-0.1, -0.05) is 127 Å². The molecule has 0 N–H and O–H groups in total. The average molecular weight is 668 g/mol. The molecule has 3 heterocycles. The highest BCUT2D eigenvalue weighted by atomic mass is 16.3. The van der Waals surface area contributed by atoms with Crippen molar-refractivity contribution in [3.63, 3.8) is 0 Å². The molecule has 0 amide bonds. The fourth-order valence-corrected chi connectivity index (χ4v) is 6.96. The molecule has 10 aromatic rings. The van der Waals surface area contributed by atoms with E-state index in [2.05, 4.69) is 115 Å². The van der Waals surface area contributed by atoms with E-state index in [1.165, 1.54) is 5.56 Å². The van der Waals surface area contributed by atoms with E-state index >= 15 is 0 Å². The molecule has 0 aliphatic heterocycles. The maximum absolute atomic E-state index is 6.42. The minimum absolute atomic E-state index is 0.568. The van der Waals surface area contributed by atoms with Crippen LogP contribution in [0.25, 0.3) is 101 Å². The summed E-state index contributed by atoms with van der Waals surface area (Å²) >= 11 is 0. The zero-order valence-corrected chi connectivity index (χ0v) is 27.9. The van der Waals surface area contributed by atoms with Crippen LogP contribution in [-0.4, -0.2) is 15.0 Å². The summed E-state index contributed by atoms with van der Waals surface area (Å²) < 4.78 is 12.6. The lowest BCUT2D eigenvalue weighted by molar-refractivity contribution is 0.620. The van der Waals surface area contributed by atoms with Crippen LogP contribution in [0, 0.1) is 0 Å². The second kappa shape index (κ2) is 12.3. The van der Waals surface area contributed by atoms with E-state index in [1.807, 2.05) is 60.7 Å². The highest BCUT2D eigenvalue weighted by Crippen LogP contribution is 2.40. The number of aromatic nitrogens is 3. The van der Waals surface area contributed by atoms with Gasteiger partial charge in [-0.15, -0.1) is 0 Å². The molecule has 7 aromatic carbocycles. The number of para-hydroxylation sites is 2. The number of benzene rings is 7. The van der Waals surface area contributed by atoms with Gasteiger partial charge in [-0.2, -0.15) is 0 Å². The Bertz CT molecular complexity index is 2860. The third-order valence-corrected chi connectivity index (χ3v) is 9.55. The van der Waals surface area contributed by atoms with Crippen molar-refractivity contribution in [2.24, 2.45) is 0 Å². The Hall–Kier alpha value is -7.11. The Morgan fingerprint density at radius 1 is 0.346 bits per heavy atom. The van der Waals surface area contributed by atoms with Crippen LogP contribution in [0.15, 0.2) is 185 Å². The number of rotatable bonds is 6. The molecule has 0 saturated carbocycles. The van der Waals surface area contributed by atoms with Crippen LogP contribution in [0.2, 0.25) is 0 Å². The van der Waals surface area contributed by atoms with Crippen molar-refractivity contribution in [2.75, 3.05) is 0 Å². The second-order valence-corrected chi connectivity index (χ2v) is 12.8. The number of furan rings is 1. The van der Waals surface area contributed by atoms with Gasteiger partial charge in [0.05, 0.1) is 11.4 Å². The van der Waals surface area contributed by atoms with Crippen LogP contribution in [0.4, 0.5) is 0 Å². The molecule has 0 unspecified atom stereocenters. The summed E-state index contributed by atoms with van der Waals surface area (Å²) in [4.78, 5) is 15.2. The molecule has 0 aliphatic rings. The van der Waals surface area contributed by atoms with Crippen LogP contribution in [0.5, 0.6) is 0 Å². The standard InChI is InChI=1S/C47H29N3O2/c1-3-11-30(12-4-1)32-21-23-33(24-22-32)40-29-41(49-46(48-40)35-16-9-15-34(27-35)31-13-5-2-6-14-31)37-17-10-20-44-45(37)38-28-36(25-26-42(38)51-44)47-50-39-18-7-8-19-43(39)52-47/h1-29H. The SMILES string of the molecule is c1ccc(-c2ccc(-c3cc(-c4cccc5oc6ccc(-c7nc8ccccc8o7)cc6c45)nc(-c4cccc(-c5ccccc5)c4)n3)cc2)cc1. The van der Waals surface area contributed by atoms with E-state index in [0.717, 1.165) is 83.4 Å². The first-order chi connectivity index (χ1) is 25.7. The molecule has 0 atom stereocenters. The summed E-state index contributed by atoms with van der Waals surface area (Å²) in [5, 5.41) is 1.94. The van der Waals surface area contributed by atoms with Crippen molar-refractivity contribution < 1.29 is 8.83 Å². The third kappa shape index (κ3) is 5.32. The fraction of sp³-hybridized carbons (Fsp3) is 0. The largest absolute Gasteiger partial charge is 0.456 e. The van der Waals surface area contributed by atoms with Gasteiger partial charge < -0.3 is 8.83 Å². The number of fused-ring (bicyclic) bond motifs is 4. The van der Waals surface area contributed by atoms with E-state index in [4.69, 9.17) is 23.8 Å². The molecular weight excluding hydrogens is 639 g/mol. The summed E-state index contributed by atoms with van der Waals surface area (Å²) in [5.74, 6) is 1.22. The van der Waals surface area contributed by atoms with Gasteiger partial charge in [0.1, 0.15) is 16.7 Å². The van der Waals surface area contributed by atoms with Crippen LogP contribution >= 0.6 is 0 Å². The third-order valence-electron chi connectivity index (χ3n) is 9.55. The van der Waals surface area contributed by atoms with Gasteiger partial charge in [0.2, 0.25) is 5.89 Å². The highest BCUT2D eigenvalue weighted by Gasteiger charge is 2.19. The van der Waals surface area contributed by atoms with Gasteiger partial charge in [0, 0.05) is 33.0 Å². The molecule has 0 spiro atoms. The predicted molar refractivity (Wildman–Crippen MR) is 209 cm³/mol. The molecule has 0 bridgehead atoms. The summed E-state index contributed by atoms with van der Waals surface area (Å²) in [5.41, 5.74) is 13.1. The molecular formula is C47H29N3O2. The van der Waals surface area contributed by atoms with Gasteiger partial charge in [0.15, 0.2) is 11.4 Å². The predicted octanol–water partition coefficient (Wildman–Crippen LogP) is 12.5. The van der Waals surface area contributed by atoms with Crippen molar-refractivity contribution >= 4 is 33.0 Å². The van der Waals surface area contributed by atoms with Crippen molar-refractivity contribution in [1.29, 1.82) is 0 Å². The van der Waals surface area contributed by atoms with Gasteiger partial charge in [-0.3, -0.25) is 0 Å². The first-order valence-corrected chi connectivity index (χ1v) is 17.3. The van der Waals surface area contributed by atoms with Crippen LogP contribution in [0.3, 0.4) is 0 Å². The van der Waals surface area contributed by atoms with E-state index in [-0.39, 0.29) is 0 Å². The fourth-order valence-electron chi connectivity index (χ4n) is 6.96. The topological polar surface area (TPSA) is 65.0 Å². The lowest BCUT2D eigenvalue weighted by atomic mass is 9.99. The van der Waals surface area contributed by atoms with E-state index in [9.17, 15) is 0 Å². The van der Waals surface area contributed by atoms with Crippen LogP contribution in [0.1, 0.15) is 0 Å². The first-order valence-electron chi connectivity index (χ1n) is 17.3. The van der Waals surface area contributed by atoms with E-state index < -0.39 is 0 Å². The highest BCUT2D eigenvalue weighted by molar-refractivity contribution is 6.13. The molecule has 5 heteroatoms. The quantitative estimate of drug-likeness (QED) is 0.177. The van der Waals surface area contributed by atoms with Gasteiger partial charge >= 0.3 is 0 Å². The molecule has 10 rings (SSSR count). The van der Waals surface area contributed by atoms with Gasteiger partial charge in [-0.05, 0) is 70.8 Å². The lowest BCUT2D eigenvalue weighted by Gasteiger charge is -2.12. The zero-order chi connectivity index (χ0) is 34.4. The normalized spacial score (nSPS) is 11.5. The Labute approximate surface area is 299 Å². The lowest BCUT2D eigenvalue weighted by Crippen LogP contribution is -1.96. The van der Waals surface area contributed by atoms with Gasteiger partial charge in [-0.25, -0.2) is 15.0 Å². The van der Waals surface area contributed by atoms with Crippen LogP contribution in [-0.2, 0) is 0 Å². The minimum Gasteiger partial charge on any atom is -0.456 e. The first kappa shape index (κ1) is 29.8. The number of nitrogens with zero attached hydrogens (tertiary/aromatic N) is 3. The minimum atomic E-state index is 0.568. The molecule has 244 valence electrons. The number of hydrogen-bond acceptors (Lipinski definition) is 5. The van der Waals surface area contributed by atoms with Crippen LogP contribution < -0.4 is 0 Å². The summed E-state index contributed by atoms with van der Waals surface area (Å²) in [6.07, 6.45) is 0. The summed E-state index contributed by atoms with van der Waals surface area (Å²) in [6, 6.07) is 59.9. The smallest absolute Gasteiger partial charge is 0.227 e. The molecule has 0 radical (unpaired) electrons. The maximum atomic E-state index is 6.42. The van der Waals surface area contributed by atoms with Gasteiger partial charge in [0.25, 0.3) is 0 Å². The Morgan fingerprint density at radius 2 is 0.962 bits per heavy atom. The van der Waals surface area contributed by atoms with Crippen molar-refractivity contribution in [3.05, 3.63) is 176 Å². The Balaban J connectivity index is 1.15. The van der Waals surface area contributed by atoms with E-state index in [0.29, 0.717) is 11.7 Å². The molecule has 0 saturated heterocycles. The van der Waals surface area contributed by atoms with Crippen molar-refractivity contribution in [2.45, 2.75) is 0 Å². The zero-order valence-electron chi connectivity index (χ0n) is 27.9. The second-order valence-electron chi connectivity index (χ2n) is 12.8. The average Bonchev–Trinajstić information content (AvgIpc) is 3.83. The van der Waals surface area contributed by atoms with E-state index in [1.54, 1.807) is 0 Å². The number of oxazole rings is 1. The molecule has 5 nitrogen and oxygen atoms in total. The molecule has 0 aliphatic carbocycles. The Kier molecular flexibility index (Phi) is 7.07.